The van der Waals surface area contributed by atoms with Crippen molar-refractivity contribution in [2.45, 2.75) is 360 Å². The van der Waals surface area contributed by atoms with Crippen LogP contribution in [0.2, 0.25) is 0 Å². The number of hydrogen-bond acceptors (Lipinski definition) is 3. The largest absolute Gasteiger partial charge is 0.466 e. The second-order valence-electron chi connectivity index (χ2n) is 20.8. The van der Waals surface area contributed by atoms with Gasteiger partial charge in [-0.25, -0.2) is 0 Å². The van der Waals surface area contributed by atoms with Crippen LogP contribution in [0.25, 0.3) is 0 Å². The fourth-order valence-corrected chi connectivity index (χ4v) is 9.71. The summed E-state index contributed by atoms with van der Waals surface area (Å²) in [5.41, 5.74) is 0. The van der Waals surface area contributed by atoms with Gasteiger partial charge in [0.25, 0.3) is 0 Å². The molecule has 0 aliphatic carbocycles. The molecule has 382 valence electrons. The molecule has 0 amide bonds. The molecule has 0 saturated heterocycles. The van der Waals surface area contributed by atoms with Crippen molar-refractivity contribution in [1.29, 1.82) is 0 Å². The minimum Gasteiger partial charge on any atom is -0.466 e. The van der Waals surface area contributed by atoms with Crippen molar-refractivity contribution < 1.29 is 14.6 Å². The van der Waals surface area contributed by atoms with Gasteiger partial charge in [-0.2, -0.15) is 0 Å². The van der Waals surface area contributed by atoms with Gasteiger partial charge in [0.2, 0.25) is 0 Å². The molecule has 0 rings (SSSR count). The van der Waals surface area contributed by atoms with Crippen LogP contribution in [0.5, 0.6) is 0 Å². The van der Waals surface area contributed by atoms with E-state index in [4.69, 9.17) is 9.84 Å². The van der Waals surface area contributed by atoms with E-state index in [1.165, 1.54) is 327 Å². The van der Waals surface area contributed by atoms with Crippen LogP contribution < -0.4 is 0 Å². The lowest BCUT2D eigenvalue weighted by atomic mass is 10.0. The predicted octanol–water partition coefficient (Wildman–Crippen LogP) is 21.6. The number of rotatable bonds is 58. The molecule has 0 spiro atoms. The number of allylic oxidation sites excluding steroid dienone is 2. The number of esters is 1. The minimum atomic E-state index is 0.0295. The zero-order valence-electron chi connectivity index (χ0n) is 44.2. The summed E-state index contributed by atoms with van der Waals surface area (Å²) < 4.78 is 5.51. The second kappa shape index (κ2) is 60.2. The number of carbonyl (C=O) groups is 1. The maximum absolute atomic E-state index is 12.1. The monoisotopic (exact) mass is 901 g/mol. The lowest BCUT2D eigenvalue weighted by Gasteiger charge is -2.06. The van der Waals surface area contributed by atoms with Crippen molar-refractivity contribution in [3.8, 4) is 0 Å². The Balaban J connectivity index is 3.15. The number of carbonyl (C=O) groups excluding carboxylic acids is 1. The van der Waals surface area contributed by atoms with Crippen LogP contribution in [0.4, 0.5) is 0 Å². The van der Waals surface area contributed by atoms with Crippen molar-refractivity contribution in [1.82, 2.24) is 0 Å². The average molecular weight is 902 g/mol. The Bertz CT molecular complexity index is 852. The topological polar surface area (TPSA) is 46.5 Å². The van der Waals surface area contributed by atoms with Crippen molar-refractivity contribution in [2.75, 3.05) is 13.2 Å². The number of aliphatic hydroxyl groups excluding tert-OH is 1. The van der Waals surface area contributed by atoms with Gasteiger partial charge in [0.15, 0.2) is 0 Å². The molecule has 64 heavy (non-hydrogen) atoms. The molecule has 3 heteroatoms. The van der Waals surface area contributed by atoms with E-state index in [9.17, 15) is 4.79 Å². The van der Waals surface area contributed by atoms with Gasteiger partial charge < -0.3 is 9.84 Å². The average Bonchev–Trinajstić information content (AvgIpc) is 3.30. The smallest absolute Gasteiger partial charge is 0.305 e. The summed E-state index contributed by atoms with van der Waals surface area (Å²) in [6.45, 7) is 3.29. The van der Waals surface area contributed by atoms with Crippen LogP contribution in [0.3, 0.4) is 0 Å². The van der Waals surface area contributed by atoms with Gasteiger partial charge in [0, 0.05) is 13.0 Å². The van der Waals surface area contributed by atoms with E-state index in [1.54, 1.807) is 0 Å². The van der Waals surface area contributed by atoms with E-state index in [-0.39, 0.29) is 5.97 Å². The van der Waals surface area contributed by atoms with Crippen molar-refractivity contribution in [3.63, 3.8) is 0 Å². The second-order valence-corrected chi connectivity index (χ2v) is 20.8. The van der Waals surface area contributed by atoms with Crippen LogP contribution in [0, 0.1) is 0 Å². The van der Waals surface area contributed by atoms with E-state index < -0.39 is 0 Å². The molecule has 0 fully saturated rings. The Kier molecular flexibility index (Phi) is 59.4. The van der Waals surface area contributed by atoms with E-state index in [2.05, 4.69) is 19.1 Å². The Hall–Kier alpha value is -0.830. The lowest BCUT2D eigenvalue weighted by Crippen LogP contribution is -2.05. The summed E-state index contributed by atoms with van der Waals surface area (Å²) in [5, 5.41) is 8.83. The number of hydrogen-bond donors (Lipinski definition) is 1. The Morgan fingerprint density at radius 1 is 0.297 bits per heavy atom. The summed E-state index contributed by atoms with van der Waals surface area (Å²) in [4.78, 5) is 12.1. The Morgan fingerprint density at radius 2 is 0.516 bits per heavy atom. The fourth-order valence-electron chi connectivity index (χ4n) is 9.71. The van der Waals surface area contributed by atoms with E-state index in [1.807, 2.05) is 0 Å². The molecule has 0 aromatic heterocycles. The number of ether oxygens (including phenoxy) is 1. The van der Waals surface area contributed by atoms with Crippen LogP contribution in [0.15, 0.2) is 12.2 Å². The van der Waals surface area contributed by atoms with E-state index >= 15 is 0 Å². The number of aliphatic hydroxyl groups is 1. The normalized spacial score (nSPS) is 11.7. The van der Waals surface area contributed by atoms with Gasteiger partial charge in [-0.15, -0.1) is 0 Å². The molecule has 0 aromatic rings. The Labute approximate surface area is 404 Å². The van der Waals surface area contributed by atoms with E-state index in [0.717, 1.165) is 19.3 Å². The zero-order valence-corrected chi connectivity index (χ0v) is 44.2. The first-order valence-corrected chi connectivity index (χ1v) is 30.2. The van der Waals surface area contributed by atoms with Crippen molar-refractivity contribution >= 4 is 5.97 Å². The highest BCUT2D eigenvalue weighted by Crippen LogP contribution is 2.18. The van der Waals surface area contributed by atoms with Gasteiger partial charge in [0.1, 0.15) is 0 Å². The van der Waals surface area contributed by atoms with Gasteiger partial charge >= 0.3 is 5.97 Å². The van der Waals surface area contributed by atoms with Crippen LogP contribution in [0.1, 0.15) is 360 Å². The molecule has 0 heterocycles. The highest BCUT2D eigenvalue weighted by Gasteiger charge is 2.03. The van der Waals surface area contributed by atoms with Crippen molar-refractivity contribution in [3.05, 3.63) is 12.2 Å². The molecule has 0 bridgehead atoms. The standard InChI is InChI=1S/C61H120O3/c1-2-3-4-5-6-7-8-9-10-11-12-28-31-34-37-40-43-46-49-52-55-58-61(63)64-60-57-54-51-48-45-42-39-36-33-30-27-25-23-21-19-17-15-13-14-16-18-20-22-24-26-29-32-35-38-41-44-47-50-53-56-59-62/h9-10,62H,2-8,11-60H2,1H3. The van der Waals surface area contributed by atoms with Gasteiger partial charge in [-0.3, -0.25) is 4.79 Å². The summed E-state index contributed by atoms with van der Waals surface area (Å²) >= 11 is 0. The quantitative estimate of drug-likeness (QED) is 0.0376. The van der Waals surface area contributed by atoms with Crippen LogP contribution in [-0.2, 0) is 9.53 Å². The number of unbranched alkanes of at least 4 members (excludes halogenated alkanes) is 51. The predicted molar refractivity (Wildman–Crippen MR) is 287 cm³/mol. The third-order valence-electron chi connectivity index (χ3n) is 14.2. The maximum Gasteiger partial charge on any atom is 0.305 e. The first-order valence-electron chi connectivity index (χ1n) is 30.2. The third kappa shape index (κ3) is 59.2. The molecular weight excluding hydrogens is 781 g/mol. The van der Waals surface area contributed by atoms with Gasteiger partial charge in [-0.1, -0.05) is 321 Å². The summed E-state index contributed by atoms with van der Waals surface area (Å²) in [5.74, 6) is 0.0295. The van der Waals surface area contributed by atoms with Gasteiger partial charge in [0.05, 0.1) is 6.61 Å². The summed E-state index contributed by atoms with van der Waals surface area (Å²) in [7, 11) is 0. The van der Waals surface area contributed by atoms with Crippen LogP contribution in [-0.4, -0.2) is 24.3 Å². The lowest BCUT2D eigenvalue weighted by molar-refractivity contribution is -0.143. The van der Waals surface area contributed by atoms with Crippen LogP contribution >= 0.6 is 0 Å². The first-order chi connectivity index (χ1) is 31.8. The molecule has 3 nitrogen and oxygen atoms in total. The molecule has 0 aliphatic heterocycles. The fraction of sp³-hybridized carbons (Fsp3) is 0.951. The molecule has 0 unspecified atom stereocenters. The van der Waals surface area contributed by atoms with E-state index in [0.29, 0.717) is 19.6 Å². The third-order valence-corrected chi connectivity index (χ3v) is 14.2. The van der Waals surface area contributed by atoms with Gasteiger partial charge in [-0.05, 0) is 44.9 Å². The molecule has 0 radical (unpaired) electrons. The molecular formula is C61H120O3. The Morgan fingerprint density at radius 3 is 0.781 bits per heavy atom. The maximum atomic E-state index is 12.1. The zero-order chi connectivity index (χ0) is 46.0. The SMILES string of the molecule is CCCCCCCCC=CCCCCCCCCCCCCCC(=O)OCCCCCCCCCCCCCCCCCCCCCCCCCCCCCCCCCCCCCO. The first kappa shape index (κ1) is 63.2. The molecule has 0 aliphatic rings. The summed E-state index contributed by atoms with van der Waals surface area (Å²) in [6, 6.07) is 0. The highest BCUT2D eigenvalue weighted by atomic mass is 16.5. The minimum absolute atomic E-state index is 0.0295. The summed E-state index contributed by atoms with van der Waals surface area (Å²) in [6.07, 6.45) is 79.9. The molecule has 0 atom stereocenters. The highest BCUT2D eigenvalue weighted by molar-refractivity contribution is 5.69. The van der Waals surface area contributed by atoms with Crippen molar-refractivity contribution in [2.24, 2.45) is 0 Å². The molecule has 1 N–H and O–H groups in total. The molecule has 0 aromatic carbocycles. The molecule has 0 saturated carbocycles.